The van der Waals surface area contributed by atoms with Gasteiger partial charge in [0.2, 0.25) is 5.91 Å². The van der Waals surface area contributed by atoms with Crippen molar-refractivity contribution in [1.29, 1.82) is 0 Å². The molecule has 1 aromatic carbocycles. The van der Waals surface area contributed by atoms with E-state index in [1.807, 2.05) is 17.0 Å². The summed E-state index contributed by atoms with van der Waals surface area (Å²) in [5.74, 6) is 0.448. The molecule has 2 rings (SSSR count). The molecule has 1 N–H and O–H groups in total. The fourth-order valence-corrected chi connectivity index (χ4v) is 2.85. The minimum Gasteiger partial charge on any atom is -0.396 e. The lowest BCUT2D eigenvalue weighted by atomic mass is 9.94. The highest BCUT2D eigenvalue weighted by Crippen LogP contribution is 2.26. The highest BCUT2D eigenvalue weighted by atomic mass is 16.3. The maximum Gasteiger partial charge on any atom is 0.227 e. The van der Waals surface area contributed by atoms with Gasteiger partial charge in [-0.2, -0.15) is 0 Å². The molecular formula is C17H25NO2. The van der Waals surface area contributed by atoms with Gasteiger partial charge in [-0.25, -0.2) is 0 Å². The molecule has 0 spiro atoms. The third-order valence-corrected chi connectivity index (χ3v) is 4.13. The van der Waals surface area contributed by atoms with Crippen LogP contribution in [0.2, 0.25) is 0 Å². The van der Waals surface area contributed by atoms with Crippen LogP contribution in [0, 0.1) is 0 Å². The Bertz CT molecular complexity index is 427. The van der Waals surface area contributed by atoms with Gasteiger partial charge in [0.25, 0.3) is 0 Å². The topological polar surface area (TPSA) is 40.5 Å². The van der Waals surface area contributed by atoms with Gasteiger partial charge in [-0.05, 0) is 30.5 Å². The number of hydrogen-bond acceptors (Lipinski definition) is 2. The second-order valence-corrected chi connectivity index (χ2v) is 5.62. The minimum absolute atomic E-state index is 0.200. The monoisotopic (exact) mass is 275 g/mol. The number of aliphatic hydroxyl groups excluding tert-OH is 1. The highest BCUT2D eigenvalue weighted by Gasteiger charge is 2.21. The van der Waals surface area contributed by atoms with Crippen LogP contribution < -0.4 is 4.90 Å². The van der Waals surface area contributed by atoms with Crippen molar-refractivity contribution in [3.05, 3.63) is 29.8 Å². The lowest BCUT2D eigenvalue weighted by molar-refractivity contribution is -0.117. The summed E-state index contributed by atoms with van der Waals surface area (Å²) in [6, 6.07) is 8.16. The molecule has 1 aliphatic rings. The summed E-state index contributed by atoms with van der Waals surface area (Å²) in [6.07, 6.45) is 6.24. The van der Waals surface area contributed by atoms with Gasteiger partial charge < -0.3 is 10.0 Å². The summed E-state index contributed by atoms with van der Waals surface area (Å²) in [7, 11) is 0. The molecule has 1 heterocycles. The number of anilines is 1. The van der Waals surface area contributed by atoms with Crippen LogP contribution in [0.15, 0.2) is 24.3 Å². The molecule has 1 saturated heterocycles. The molecule has 1 atom stereocenters. The van der Waals surface area contributed by atoms with Gasteiger partial charge in [0.1, 0.15) is 0 Å². The van der Waals surface area contributed by atoms with E-state index in [1.54, 1.807) is 0 Å². The van der Waals surface area contributed by atoms with Crippen LogP contribution in [0.1, 0.15) is 56.9 Å². The predicted molar refractivity (Wildman–Crippen MR) is 82.0 cm³/mol. The number of aliphatic hydroxyl groups is 1. The number of unbranched alkanes of at least 4 members (excludes halogenated alkanes) is 2. The van der Waals surface area contributed by atoms with Gasteiger partial charge in [-0.3, -0.25) is 4.79 Å². The molecule has 0 aromatic heterocycles. The molecule has 110 valence electrons. The molecule has 20 heavy (non-hydrogen) atoms. The van der Waals surface area contributed by atoms with E-state index >= 15 is 0 Å². The van der Waals surface area contributed by atoms with Crippen molar-refractivity contribution in [1.82, 2.24) is 0 Å². The smallest absolute Gasteiger partial charge is 0.227 e. The quantitative estimate of drug-likeness (QED) is 0.774. The number of carbonyl (C=O) groups is 1. The van der Waals surface area contributed by atoms with Gasteiger partial charge in [0, 0.05) is 31.2 Å². The third kappa shape index (κ3) is 3.60. The zero-order chi connectivity index (χ0) is 14.4. The number of rotatable bonds is 7. The van der Waals surface area contributed by atoms with Crippen molar-refractivity contribution in [2.75, 3.05) is 18.1 Å². The highest BCUT2D eigenvalue weighted by molar-refractivity contribution is 5.95. The molecule has 3 heteroatoms. The van der Waals surface area contributed by atoms with Crippen molar-refractivity contribution in [3.8, 4) is 0 Å². The molecule has 3 nitrogen and oxygen atoms in total. The van der Waals surface area contributed by atoms with Crippen molar-refractivity contribution < 1.29 is 9.90 Å². The maximum absolute atomic E-state index is 11.7. The zero-order valence-electron chi connectivity index (χ0n) is 12.3. The van der Waals surface area contributed by atoms with E-state index in [-0.39, 0.29) is 18.4 Å². The first-order valence-electron chi connectivity index (χ1n) is 7.77. The minimum atomic E-state index is 0.200. The molecule has 1 aromatic rings. The second kappa shape index (κ2) is 7.44. The first-order chi connectivity index (χ1) is 9.76. The maximum atomic E-state index is 11.7. The number of amides is 1. The first-order valence-corrected chi connectivity index (χ1v) is 7.77. The van der Waals surface area contributed by atoms with Crippen LogP contribution in [-0.4, -0.2) is 24.2 Å². The zero-order valence-corrected chi connectivity index (χ0v) is 12.3. The lowest BCUT2D eigenvalue weighted by Gasteiger charge is -2.18. The van der Waals surface area contributed by atoms with Crippen LogP contribution >= 0.6 is 0 Å². The molecular weight excluding hydrogens is 250 g/mol. The van der Waals surface area contributed by atoms with Crippen molar-refractivity contribution in [3.63, 3.8) is 0 Å². The standard InChI is InChI=1S/C17H25NO2/c1-2-3-4-6-15(13-19)14-8-10-16(11-9-14)18-12-5-7-17(18)20/h8-11,15,19H,2-7,12-13H2,1H3. The summed E-state index contributed by atoms with van der Waals surface area (Å²) < 4.78 is 0. The van der Waals surface area contributed by atoms with Crippen molar-refractivity contribution >= 4 is 11.6 Å². The second-order valence-electron chi connectivity index (χ2n) is 5.62. The van der Waals surface area contributed by atoms with Crippen LogP contribution in [-0.2, 0) is 4.79 Å². The Morgan fingerprint density at radius 1 is 1.25 bits per heavy atom. The third-order valence-electron chi connectivity index (χ3n) is 4.13. The average Bonchev–Trinajstić information content (AvgIpc) is 2.90. The number of benzene rings is 1. The molecule has 1 fully saturated rings. The summed E-state index contributed by atoms with van der Waals surface area (Å²) in [6.45, 7) is 3.22. The molecule has 0 saturated carbocycles. The number of hydrogen-bond donors (Lipinski definition) is 1. The normalized spacial score (nSPS) is 16.7. The summed E-state index contributed by atoms with van der Waals surface area (Å²) in [5, 5.41) is 9.54. The molecule has 1 aliphatic heterocycles. The van der Waals surface area contributed by atoms with E-state index in [0.29, 0.717) is 6.42 Å². The number of carbonyl (C=O) groups excluding carboxylic acids is 1. The van der Waals surface area contributed by atoms with E-state index in [1.165, 1.54) is 18.4 Å². The lowest BCUT2D eigenvalue weighted by Crippen LogP contribution is -2.23. The van der Waals surface area contributed by atoms with Crippen LogP contribution in [0.4, 0.5) is 5.69 Å². The van der Waals surface area contributed by atoms with Crippen LogP contribution in [0.3, 0.4) is 0 Å². The van der Waals surface area contributed by atoms with Gasteiger partial charge in [-0.15, -0.1) is 0 Å². The van der Waals surface area contributed by atoms with E-state index < -0.39 is 0 Å². The fraction of sp³-hybridized carbons (Fsp3) is 0.588. The van der Waals surface area contributed by atoms with Gasteiger partial charge in [0.05, 0.1) is 0 Å². The molecule has 0 aliphatic carbocycles. The molecule has 0 radical (unpaired) electrons. The first kappa shape index (κ1) is 15.0. The Morgan fingerprint density at radius 3 is 2.55 bits per heavy atom. The summed E-state index contributed by atoms with van der Waals surface area (Å²) >= 11 is 0. The van der Waals surface area contributed by atoms with E-state index in [0.717, 1.165) is 31.5 Å². The predicted octanol–water partition coefficient (Wildman–Crippen LogP) is 3.47. The van der Waals surface area contributed by atoms with Gasteiger partial charge in [0.15, 0.2) is 0 Å². The Hall–Kier alpha value is -1.35. The Labute approximate surface area is 121 Å². The van der Waals surface area contributed by atoms with Crippen LogP contribution in [0.5, 0.6) is 0 Å². The number of nitrogens with zero attached hydrogens (tertiary/aromatic N) is 1. The molecule has 0 bridgehead atoms. The fourth-order valence-electron chi connectivity index (χ4n) is 2.85. The van der Waals surface area contributed by atoms with E-state index in [4.69, 9.17) is 0 Å². The van der Waals surface area contributed by atoms with Crippen molar-refractivity contribution in [2.24, 2.45) is 0 Å². The average molecular weight is 275 g/mol. The Balaban J connectivity index is 2.00. The summed E-state index contributed by atoms with van der Waals surface area (Å²) in [4.78, 5) is 13.6. The van der Waals surface area contributed by atoms with E-state index in [9.17, 15) is 9.90 Å². The van der Waals surface area contributed by atoms with Gasteiger partial charge in [-0.1, -0.05) is 38.3 Å². The van der Waals surface area contributed by atoms with Crippen molar-refractivity contribution in [2.45, 2.75) is 51.4 Å². The Morgan fingerprint density at radius 2 is 2.00 bits per heavy atom. The van der Waals surface area contributed by atoms with Crippen LogP contribution in [0.25, 0.3) is 0 Å². The van der Waals surface area contributed by atoms with Gasteiger partial charge >= 0.3 is 0 Å². The molecule has 1 amide bonds. The van der Waals surface area contributed by atoms with E-state index in [2.05, 4.69) is 19.1 Å². The molecule has 1 unspecified atom stereocenters. The summed E-state index contributed by atoms with van der Waals surface area (Å²) in [5.41, 5.74) is 2.17. The largest absolute Gasteiger partial charge is 0.396 e. The Kier molecular flexibility index (Phi) is 5.60. The SMILES string of the molecule is CCCCCC(CO)c1ccc(N2CCCC2=O)cc1.